The van der Waals surface area contributed by atoms with E-state index < -0.39 is 6.43 Å². The van der Waals surface area contributed by atoms with E-state index in [9.17, 15) is 8.78 Å². The third-order valence-electron chi connectivity index (χ3n) is 2.47. The normalized spacial score (nSPS) is 19.8. The van der Waals surface area contributed by atoms with Crippen LogP contribution in [0.2, 0.25) is 0 Å². The molecule has 0 amide bonds. The van der Waals surface area contributed by atoms with Crippen molar-refractivity contribution in [1.82, 2.24) is 0 Å². The van der Waals surface area contributed by atoms with Gasteiger partial charge in [0.1, 0.15) is 6.10 Å². The van der Waals surface area contributed by atoms with E-state index in [2.05, 4.69) is 5.16 Å². The van der Waals surface area contributed by atoms with Gasteiger partial charge < -0.3 is 10.6 Å². The fourth-order valence-electron chi connectivity index (χ4n) is 1.58. The SMILES string of the molecule is NCC1CC(c2cccc(C(F)F)c2)=NO1. The summed E-state index contributed by atoms with van der Waals surface area (Å²) in [6.45, 7) is 0.377. The summed E-state index contributed by atoms with van der Waals surface area (Å²) in [4.78, 5) is 5.04. The Morgan fingerprint density at radius 1 is 1.50 bits per heavy atom. The van der Waals surface area contributed by atoms with Gasteiger partial charge in [0.25, 0.3) is 6.43 Å². The number of alkyl halides is 2. The predicted octanol–water partition coefficient (Wildman–Crippen LogP) is 2.08. The van der Waals surface area contributed by atoms with E-state index in [1.807, 2.05) is 0 Å². The van der Waals surface area contributed by atoms with Crippen LogP contribution >= 0.6 is 0 Å². The van der Waals surface area contributed by atoms with Crippen molar-refractivity contribution >= 4 is 5.71 Å². The lowest BCUT2D eigenvalue weighted by molar-refractivity contribution is 0.0918. The second-order valence-electron chi connectivity index (χ2n) is 3.63. The molecule has 0 fully saturated rings. The van der Waals surface area contributed by atoms with Crippen molar-refractivity contribution in [3.63, 3.8) is 0 Å². The molecule has 2 N–H and O–H groups in total. The third-order valence-corrected chi connectivity index (χ3v) is 2.47. The van der Waals surface area contributed by atoms with Crippen molar-refractivity contribution in [3.8, 4) is 0 Å². The highest BCUT2D eigenvalue weighted by Crippen LogP contribution is 2.22. The summed E-state index contributed by atoms with van der Waals surface area (Å²) in [5.74, 6) is 0. The second-order valence-corrected chi connectivity index (χ2v) is 3.63. The van der Waals surface area contributed by atoms with Crippen molar-refractivity contribution in [2.45, 2.75) is 19.0 Å². The van der Waals surface area contributed by atoms with E-state index >= 15 is 0 Å². The highest BCUT2D eigenvalue weighted by Gasteiger charge is 2.21. The molecule has 16 heavy (non-hydrogen) atoms. The summed E-state index contributed by atoms with van der Waals surface area (Å²) in [6.07, 6.45) is -2.03. The molecule has 1 aromatic rings. The molecule has 0 radical (unpaired) electrons. The van der Waals surface area contributed by atoms with Crippen molar-refractivity contribution in [1.29, 1.82) is 0 Å². The van der Waals surface area contributed by atoms with E-state index in [1.54, 1.807) is 12.1 Å². The standard InChI is InChI=1S/C11H12F2N2O/c12-11(13)8-3-1-2-7(4-8)10-5-9(6-14)16-15-10/h1-4,9,11H,5-6,14H2. The van der Waals surface area contributed by atoms with Gasteiger partial charge in [-0.05, 0) is 11.6 Å². The van der Waals surface area contributed by atoms with E-state index in [-0.39, 0.29) is 11.7 Å². The molecule has 0 bridgehead atoms. The first-order valence-corrected chi connectivity index (χ1v) is 5.02. The maximum atomic E-state index is 12.5. The summed E-state index contributed by atoms with van der Waals surface area (Å²) in [5, 5.41) is 3.85. The summed E-state index contributed by atoms with van der Waals surface area (Å²) in [5.41, 5.74) is 6.78. The van der Waals surface area contributed by atoms with Crippen LogP contribution in [0.3, 0.4) is 0 Å². The largest absolute Gasteiger partial charge is 0.390 e. The van der Waals surface area contributed by atoms with E-state index in [0.717, 1.165) is 0 Å². The Labute approximate surface area is 91.9 Å². The Balaban J connectivity index is 2.19. The number of nitrogens with zero attached hydrogens (tertiary/aromatic N) is 1. The fraction of sp³-hybridized carbons (Fsp3) is 0.364. The van der Waals surface area contributed by atoms with E-state index in [1.165, 1.54) is 12.1 Å². The number of halogens is 2. The molecule has 86 valence electrons. The van der Waals surface area contributed by atoms with Crippen LogP contribution in [0.15, 0.2) is 29.4 Å². The molecule has 0 spiro atoms. The molecule has 1 aliphatic heterocycles. The van der Waals surface area contributed by atoms with Crippen LogP contribution in [0, 0.1) is 0 Å². The van der Waals surface area contributed by atoms with Gasteiger partial charge in [0.2, 0.25) is 0 Å². The average molecular weight is 226 g/mol. The molecular weight excluding hydrogens is 214 g/mol. The Bertz CT molecular complexity index is 407. The Morgan fingerprint density at radius 3 is 2.94 bits per heavy atom. The smallest absolute Gasteiger partial charge is 0.263 e. The van der Waals surface area contributed by atoms with Gasteiger partial charge in [-0.1, -0.05) is 23.4 Å². The molecule has 1 aromatic carbocycles. The second kappa shape index (κ2) is 4.57. The molecule has 5 heteroatoms. The van der Waals surface area contributed by atoms with E-state index in [4.69, 9.17) is 10.6 Å². The molecule has 1 atom stereocenters. The van der Waals surface area contributed by atoms with Crippen LogP contribution in [0.5, 0.6) is 0 Å². The van der Waals surface area contributed by atoms with Gasteiger partial charge in [0, 0.05) is 18.5 Å². The minimum absolute atomic E-state index is 0.00333. The summed E-state index contributed by atoms with van der Waals surface area (Å²) in [7, 11) is 0. The first-order valence-electron chi connectivity index (χ1n) is 5.02. The quantitative estimate of drug-likeness (QED) is 0.857. The molecule has 2 rings (SSSR count). The molecule has 0 saturated carbocycles. The molecule has 1 unspecified atom stereocenters. The molecule has 0 saturated heterocycles. The highest BCUT2D eigenvalue weighted by molar-refractivity contribution is 6.01. The van der Waals surface area contributed by atoms with Gasteiger partial charge in [0.15, 0.2) is 0 Å². The Hall–Kier alpha value is -1.49. The number of hydrogen-bond acceptors (Lipinski definition) is 3. The summed E-state index contributed by atoms with van der Waals surface area (Å²) >= 11 is 0. The van der Waals surface area contributed by atoms with Crippen LogP contribution in [-0.4, -0.2) is 18.4 Å². The molecular formula is C11H12F2N2O. The van der Waals surface area contributed by atoms with Crippen molar-refractivity contribution in [3.05, 3.63) is 35.4 Å². The summed E-state index contributed by atoms with van der Waals surface area (Å²) in [6, 6.07) is 6.17. The predicted molar refractivity (Wildman–Crippen MR) is 56.5 cm³/mol. The van der Waals surface area contributed by atoms with Gasteiger partial charge in [-0.3, -0.25) is 0 Å². The Kier molecular flexibility index (Phi) is 3.14. The first kappa shape index (κ1) is 11.0. The molecule has 1 aliphatic rings. The number of hydrogen-bond donors (Lipinski definition) is 1. The van der Waals surface area contributed by atoms with Crippen molar-refractivity contribution in [2.24, 2.45) is 10.9 Å². The zero-order valence-corrected chi connectivity index (χ0v) is 8.57. The van der Waals surface area contributed by atoms with Gasteiger partial charge in [-0.15, -0.1) is 0 Å². The van der Waals surface area contributed by atoms with Gasteiger partial charge >= 0.3 is 0 Å². The topological polar surface area (TPSA) is 47.6 Å². The van der Waals surface area contributed by atoms with Gasteiger partial charge in [-0.25, -0.2) is 8.78 Å². The van der Waals surface area contributed by atoms with Gasteiger partial charge in [-0.2, -0.15) is 0 Å². The number of benzene rings is 1. The number of oxime groups is 1. The lowest BCUT2D eigenvalue weighted by Crippen LogP contribution is -2.20. The van der Waals surface area contributed by atoms with E-state index in [0.29, 0.717) is 24.2 Å². The zero-order chi connectivity index (χ0) is 11.5. The summed E-state index contributed by atoms with van der Waals surface area (Å²) < 4.78 is 25.0. The number of nitrogens with two attached hydrogens (primary N) is 1. The lowest BCUT2D eigenvalue weighted by Gasteiger charge is -2.04. The van der Waals surface area contributed by atoms with Crippen molar-refractivity contribution in [2.75, 3.05) is 6.54 Å². The maximum Gasteiger partial charge on any atom is 0.263 e. The fourth-order valence-corrected chi connectivity index (χ4v) is 1.58. The van der Waals surface area contributed by atoms with Gasteiger partial charge in [0.05, 0.1) is 5.71 Å². The molecule has 1 heterocycles. The van der Waals surface area contributed by atoms with Crippen LogP contribution in [0.25, 0.3) is 0 Å². The van der Waals surface area contributed by atoms with Crippen LogP contribution in [-0.2, 0) is 4.84 Å². The molecule has 0 aliphatic carbocycles. The maximum absolute atomic E-state index is 12.5. The average Bonchev–Trinajstić information content (AvgIpc) is 2.77. The van der Waals surface area contributed by atoms with Crippen LogP contribution < -0.4 is 5.73 Å². The molecule has 3 nitrogen and oxygen atoms in total. The van der Waals surface area contributed by atoms with Crippen molar-refractivity contribution < 1.29 is 13.6 Å². The monoisotopic (exact) mass is 226 g/mol. The lowest BCUT2D eigenvalue weighted by atomic mass is 10.0. The minimum Gasteiger partial charge on any atom is -0.390 e. The first-order chi connectivity index (χ1) is 7.70. The minimum atomic E-state index is -2.46. The van der Waals surface area contributed by atoms with Crippen LogP contribution in [0.1, 0.15) is 24.0 Å². The van der Waals surface area contributed by atoms with Crippen LogP contribution in [0.4, 0.5) is 8.78 Å². The Morgan fingerprint density at radius 2 is 2.31 bits per heavy atom. The highest BCUT2D eigenvalue weighted by atomic mass is 19.3. The number of rotatable bonds is 3. The molecule has 0 aromatic heterocycles. The zero-order valence-electron chi connectivity index (χ0n) is 8.57. The third kappa shape index (κ3) is 2.19.